The molecular formula is C26H27N3O3S. The molecule has 0 atom stereocenters. The third-order valence-corrected chi connectivity index (χ3v) is 7.34. The average Bonchev–Trinajstić information content (AvgIpc) is 3.08. The van der Waals surface area contributed by atoms with Crippen molar-refractivity contribution in [3.8, 4) is 5.69 Å². The summed E-state index contributed by atoms with van der Waals surface area (Å²) in [5.74, 6) is -0.284. The van der Waals surface area contributed by atoms with E-state index in [0.717, 1.165) is 32.7 Å². The van der Waals surface area contributed by atoms with E-state index >= 15 is 0 Å². The minimum atomic E-state index is -0.512. The molecule has 4 aromatic rings. The Morgan fingerprint density at radius 2 is 1.64 bits per heavy atom. The van der Waals surface area contributed by atoms with Gasteiger partial charge in [0, 0.05) is 11.4 Å². The van der Waals surface area contributed by atoms with E-state index in [1.165, 1.54) is 20.5 Å². The van der Waals surface area contributed by atoms with Gasteiger partial charge in [0.05, 0.1) is 11.1 Å². The topological polar surface area (TPSA) is 73.1 Å². The van der Waals surface area contributed by atoms with Crippen LogP contribution in [0.2, 0.25) is 0 Å². The molecule has 0 aliphatic rings. The summed E-state index contributed by atoms with van der Waals surface area (Å²) in [6.07, 6.45) is 0. The zero-order chi connectivity index (χ0) is 23.9. The highest BCUT2D eigenvalue weighted by Crippen LogP contribution is 2.27. The molecule has 6 nitrogen and oxygen atoms in total. The third kappa shape index (κ3) is 4.28. The largest absolute Gasteiger partial charge is 0.350 e. The Bertz CT molecular complexity index is 1490. The Hall–Kier alpha value is -3.45. The van der Waals surface area contributed by atoms with Gasteiger partial charge in [-0.25, -0.2) is 9.36 Å². The number of hydrogen-bond acceptors (Lipinski definition) is 4. The zero-order valence-electron chi connectivity index (χ0n) is 19.5. The maximum atomic E-state index is 13.5. The van der Waals surface area contributed by atoms with Gasteiger partial charge in [-0.3, -0.25) is 14.2 Å². The molecule has 0 unspecified atom stereocenters. The molecule has 7 heteroatoms. The highest BCUT2D eigenvalue weighted by molar-refractivity contribution is 7.18. The molecule has 4 rings (SSSR count). The number of aryl methyl sites for hydroxylation is 5. The van der Waals surface area contributed by atoms with Crippen LogP contribution >= 0.6 is 11.3 Å². The highest BCUT2D eigenvalue weighted by Gasteiger charge is 2.21. The monoisotopic (exact) mass is 461 g/mol. The number of carbonyl (C=O) groups is 1. The van der Waals surface area contributed by atoms with Crippen molar-refractivity contribution in [2.24, 2.45) is 0 Å². The zero-order valence-corrected chi connectivity index (χ0v) is 20.3. The fourth-order valence-corrected chi connectivity index (χ4v) is 4.94. The standard InChI is InChI=1S/C26H27N3O3S/c1-15-6-9-20(10-7-15)13-27-22(30)14-28-25-23(18(4)19(5)33-25)24(31)29(26(28)32)21-11-8-16(2)17(3)12-21/h6-12H,13-14H2,1-5H3,(H,27,30). The first-order valence-corrected chi connectivity index (χ1v) is 11.6. The lowest BCUT2D eigenvalue weighted by Gasteiger charge is -2.13. The lowest BCUT2D eigenvalue weighted by atomic mass is 10.1. The molecule has 0 radical (unpaired) electrons. The van der Waals surface area contributed by atoms with E-state index in [1.54, 1.807) is 6.07 Å². The van der Waals surface area contributed by atoms with Gasteiger partial charge in [0.15, 0.2) is 0 Å². The van der Waals surface area contributed by atoms with Crippen molar-refractivity contribution >= 4 is 27.5 Å². The van der Waals surface area contributed by atoms with Gasteiger partial charge in [0.1, 0.15) is 11.4 Å². The van der Waals surface area contributed by atoms with Crippen molar-refractivity contribution in [1.29, 1.82) is 0 Å². The van der Waals surface area contributed by atoms with Crippen LogP contribution < -0.4 is 16.6 Å². The maximum Gasteiger partial charge on any atom is 0.337 e. The van der Waals surface area contributed by atoms with Crippen LogP contribution in [0.15, 0.2) is 52.1 Å². The molecule has 0 saturated carbocycles. The Morgan fingerprint density at radius 3 is 2.30 bits per heavy atom. The second kappa shape index (κ2) is 8.83. The van der Waals surface area contributed by atoms with Crippen LogP contribution in [0.25, 0.3) is 15.9 Å². The summed E-state index contributed by atoms with van der Waals surface area (Å²) < 4.78 is 2.60. The third-order valence-electron chi connectivity index (χ3n) is 6.11. The fraction of sp³-hybridized carbons (Fsp3) is 0.269. The van der Waals surface area contributed by atoms with Crippen LogP contribution in [-0.4, -0.2) is 15.0 Å². The van der Waals surface area contributed by atoms with E-state index in [2.05, 4.69) is 5.32 Å². The molecule has 1 N–H and O–H groups in total. The number of aromatic nitrogens is 2. The van der Waals surface area contributed by atoms with Gasteiger partial charge in [0.25, 0.3) is 5.56 Å². The molecular weight excluding hydrogens is 434 g/mol. The fourth-order valence-electron chi connectivity index (χ4n) is 3.80. The normalized spacial score (nSPS) is 11.2. The Balaban J connectivity index is 1.78. The Kier molecular flexibility index (Phi) is 6.08. The van der Waals surface area contributed by atoms with Crippen LogP contribution in [0, 0.1) is 34.6 Å². The van der Waals surface area contributed by atoms with Crippen LogP contribution in [0.1, 0.15) is 32.7 Å². The van der Waals surface area contributed by atoms with E-state index in [0.29, 0.717) is 22.4 Å². The molecule has 2 aromatic carbocycles. The molecule has 170 valence electrons. The Labute approximate surface area is 196 Å². The summed E-state index contributed by atoms with van der Waals surface area (Å²) in [6.45, 7) is 9.95. The minimum absolute atomic E-state index is 0.161. The van der Waals surface area contributed by atoms with Crippen molar-refractivity contribution in [2.75, 3.05) is 0 Å². The van der Waals surface area contributed by atoms with Crippen molar-refractivity contribution in [1.82, 2.24) is 14.5 Å². The number of rotatable bonds is 5. The molecule has 0 bridgehead atoms. The predicted molar refractivity (Wildman–Crippen MR) is 134 cm³/mol. The number of hydrogen-bond donors (Lipinski definition) is 1. The SMILES string of the molecule is Cc1ccc(CNC(=O)Cn2c(=O)n(-c3ccc(C)c(C)c3)c(=O)c3c(C)c(C)sc32)cc1. The van der Waals surface area contributed by atoms with Crippen LogP contribution in [-0.2, 0) is 17.9 Å². The van der Waals surface area contributed by atoms with Crippen molar-refractivity contribution in [3.63, 3.8) is 0 Å². The summed E-state index contributed by atoms with van der Waals surface area (Å²) in [4.78, 5) is 41.2. The molecule has 0 fully saturated rings. The van der Waals surface area contributed by atoms with Crippen molar-refractivity contribution in [3.05, 3.63) is 96.0 Å². The first-order valence-electron chi connectivity index (χ1n) is 10.8. The quantitative estimate of drug-likeness (QED) is 0.487. The minimum Gasteiger partial charge on any atom is -0.350 e. The van der Waals surface area contributed by atoms with Gasteiger partial charge in [-0.1, -0.05) is 35.9 Å². The van der Waals surface area contributed by atoms with Crippen LogP contribution in [0.4, 0.5) is 0 Å². The second-order valence-corrected chi connectivity index (χ2v) is 9.71. The second-order valence-electron chi connectivity index (χ2n) is 8.50. The van der Waals surface area contributed by atoms with Crippen LogP contribution in [0.3, 0.4) is 0 Å². The van der Waals surface area contributed by atoms with E-state index in [4.69, 9.17) is 0 Å². The van der Waals surface area contributed by atoms with Gasteiger partial charge in [0.2, 0.25) is 5.91 Å². The summed E-state index contributed by atoms with van der Waals surface area (Å²) in [5, 5.41) is 3.38. The average molecular weight is 462 g/mol. The first kappa shape index (κ1) is 22.7. The molecule has 0 spiro atoms. The van der Waals surface area contributed by atoms with Crippen molar-refractivity contribution in [2.45, 2.75) is 47.7 Å². The van der Waals surface area contributed by atoms with E-state index in [1.807, 2.05) is 71.0 Å². The predicted octanol–water partition coefficient (Wildman–Crippen LogP) is 4.07. The summed E-state index contributed by atoms with van der Waals surface area (Å²) >= 11 is 1.37. The van der Waals surface area contributed by atoms with Gasteiger partial charge in [-0.2, -0.15) is 0 Å². The number of fused-ring (bicyclic) bond motifs is 1. The number of benzene rings is 2. The maximum absolute atomic E-state index is 13.5. The van der Waals surface area contributed by atoms with Gasteiger partial charge in [-0.05, 0) is 69.0 Å². The molecule has 33 heavy (non-hydrogen) atoms. The van der Waals surface area contributed by atoms with E-state index in [9.17, 15) is 14.4 Å². The lowest BCUT2D eigenvalue weighted by Crippen LogP contribution is -2.41. The number of amides is 1. The first-order chi connectivity index (χ1) is 15.7. The van der Waals surface area contributed by atoms with Crippen LogP contribution in [0.5, 0.6) is 0 Å². The highest BCUT2D eigenvalue weighted by atomic mass is 32.1. The summed E-state index contributed by atoms with van der Waals surface area (Å²) in [5.41, 5.74) is 4.67. The van der Waals surface area contributed by atoms with Gasteiger partial charge < -0.3 is 5.32 Å². The molecule has 2 aromatic heterocycles. The number of carbonyl (C=O) groups excluding carboxylic acids is 1. The lowest BCUT2D eigenvalue weighted by molar-refractivity contribution is -0.121. The number of nitrogens with zero attached hydrogens (tertiary/aromatic N) is 2. The summed E-state index contributed by atoms with van der Waals surface area (Å²) in [7, 11) is 0. The molecule has 0 saturated heterocycles. The smallest absolute Gasteiger partial charge is 0.337 e. The molecule has 0 aliphatic heterocycles. The molecule has 2 heterocycles. The number of thiophene rings is 1. The molecule has 0 aliphatic carbocycles. The summed E-state index contributed by atoms with van der Waals surface area (Å²) in [6, 6.07) is 13.4. The van der Waals surface area contributed by atoms with Gasteiger partial charge in [-0.15, -0.1) is 11.3 Å². The Morgan fingerprint density at radius 1 is 0.939 bits per heavy atom. The van der Waals surface area contributed by atoms with Gasteiger partial charge >= 0.3 is 5.69 Å². The van der Waals surface area contributed by atoms with Crippen molar-refractivity contribution < 1.29 is 4.79 Å². The van der Waals surface area contributed by atoms with E-state index < -0.39 is 5.69 Å². The molecule has 1 amide bonds. The van der Waals surface area contributed by atoms with E-state index in [-0.39, 0.29) is 18.0 Å². The number of nitrogens with one attached hydrogen (secondary N) is 1.